The molecule has 0 saturated carbocycles. The van der Waals surface area contributed by atoms with E-state index in [2.05, 4.69) is 0 Å². The zero-order chi connectivity index (χ0) is 52.6. The molecule has 5 heterocycles. The molecule has 17 nitrogen and oxygen atoms in total. The topological polar surface area (TPSA) is 250 Å². The largest absolute Gasteiger partial charge is 0.495 e. The molecule has 3 fully saturated rings. The van der Waals surface area contributed by atoms with Crippen LogP contribution in [0.1, 0.15) is 115 Å². The van der Waals surface area contributed by atoms with Gasteiger partial charge < -0.3 is 73.6 Å². The second-order valence-corrected chi connectivity index (χ2v) is 21.1. The molecule has 404 valence electrons. The average Bonchev–Trinajstić information content (AvgIpc) is 3.31. The van der Waals surface area contributed by atoms with Gasteiger partial charge in [-0.2, -0.15) is 0 Å². The number of rotatable bonds is 14. The lowest BCUT2D eigenvalue weighted by atomic mass is 9.76. The van der Waals surface area contributed by atoms with Crippen molar-refractivity contribution in [2.24, 2.45) is 47.3 Å². The van der Waals surface area contributed by atoms with Crippen molar-refractivity contribution >= 4 is 11.9 Å². The number of aliphatic hydroxyl groups is 7. The van der Waals surface area contributed by atoms with Gasteiger partial charge >= 0.3 is 11.9 Å². The Morgan fingerprint density at radius 1 is 0.648 bits per heavy atom. The molecule has 0 unspecified atom stereocenters. The molecule has 0 bridgehead atoms. The second kappa shape index (κ2) is 25.9. The fraction of sp³-hybridized carbons (Fsp3) is 0.778. The maximum Gasteiger partial charge on any atom is 0.331 e. The monoisotopic (exact) mass is 1010 g/mol. The second-order valence-electron chi connectivity index (χ2n) is 21.1. The van der Waals surface area contributed by atoms with Crippen LogP contribution in [0.5, 0.6) is 0 Å². The molecule has 71 heavy (non-hydrogen) atoms. The van der Waals surface area contributed by atoms with Crippen molar-refractivity contribution in [3.8, 4) is 0 Å². The first-order valence-electron chi connectivity index (χ1n) is 26.0. The Hall–Kier alpha value is -3.04. The SMILES string of the molecule is CC[C@@H]1[C@@H](C)OC([C@@H](C)[C@H](O)[C@H](C)[C@H]2OC(=O)C=CC=C[C@H](C)[C@@H]([C@@H](C)[C@@H](O)[C@H](C)[C@@]3(O)C[C@@H](O[C@H]4C[C@H](O)[C@H](O)[C@H](C)O4)[C@H](CC)[C@@H](C)O3)OC(=O)C=CC=C[C@@H]2C)=C[C@H]1O[C@H]1C[C@H](O)[C@H](O)[C@H](C)O1. The van der Waals surface area contributed by atoms with E-state index in [-0.39, 0.29) is 37.2 Å². The van der Waals surface area contributed by atoms with Gasteiger partial charge in [0.2, 0.25) is 0 Å². The Labute approximate surface area is 420 Å². The van der Waals surface area contributed by atoms with Gasteiger partial charge in [0.1, 0.15) is 36.3 Å². The van der Waals surface area contributed by atoms with E-state index in [1.54, 1.807) is 58.9 Å². The highest BCUT2D eigenvalue weighted by molar-refractivity contribution is 5.83. The third-order valence-electron chi connectivity index (χ3n) is 15.9. The molecule has 5 aliphatic heterocycles. The summed E-state index contributed by atoms with van der Waals surface area (Å²) in [7, 11) is 0. The summed E-state index contributed by atoms with van der Waals surface area (Å²) in [6.07, 6.45) is 2.92. The summed E-state index contributed by atoms with van der Waals surface area (Å²) in [4.78, 5) is 27.0. The van der Waals surface area contributed by atoms with E-state index in [9.17, 15) is 45.3 Å². The molecule has 0 spiro atoms. The summed E-state index contributed by atoms with van der Waals surface area (Å²) in [5.74, 6) is -6.63. The maximum atomic E-state index is 13.5. The highest BCUT2D eigenvalue weighted by Gasteiger charge is 2.52. The zero-order valence-corrected chi connectivity index (χ0v) is 43.8. The average molecular weight is 1010 g/mol. The van der Waals surface area contributed by atoms with Crippen LogP contribution in [0.25, 0.3) is 0 Å². The lowest BCUT2D eigenvalue weighted by Gasteiger charge is -2.50. The van der Waals surface area contributed by atoms with Crippen LogP contribution in [-0.4, -0.2) is 152 Å². The van der Waals surface area contributed by atoms with Crippen molar-refractivity contribution in [2.75, 3.05) is 0 Å². The summed E-state index contributed by atoms with van der Waals surface area (Å²) in [6, 6.07) is 0. The van der Waals surface area contributed by atoms with Crippen molar-refractivity contribution in [2.45, 2.75) is 219 Å². The lowest BCUT2D eigenvalue weighted by molar-refractivity contribution is -0.344. The number of ether oxygens (including phenoxy) is 8. The maximum absolute atomic E-state index is 13.5. The van der Waals surface area contributed by atoms with Gasteiger partial charge in [-0.1, -0.05) is 91.8 Å². The number of aliphatic hydroxyl groups excluding tert-OH is 6. The van der Waals surface area contributed by atoms with Gasteiger partial charge in [-0.25, -0.2) is 9.59 Å². The molecule has 0 aromatic heterocycles. The summed E-state index contributed by atoms with van der Waals surface area (Å²) in [5.41, 5.74) is 0. The van der Waals surface area contributed by atoms with Gasteiger partial charge in [0.25, 0.3) is 0 Å². The first-order valence-corrected chi connectivity index (χ1v) is 26.0. The number of carbonyl (C=O) groups is 2. The number of hydrogen-bond donors (Lipinski definition) is 7. The minimum absolute atomic E-state index is 0.0166. The summed E-state index contributed by atoms with van der Waals surface area (Å²) < 4.78 is 49.3. The number of hydrogen-bond acceptors (Lipinski definition) is 17. The molecule has 7 N–H and O–H groups in total. The molecule has 0 amide bonds. The first-order chi connectivity index (χ1) is 33.4. The Kier molecular flexibility index (Phi) is 21.5. The van der Waals surface area contributed by atoms with Crippen molar-refractivity contribution in [1.82, 2.24) is 0 Å². The Bertz CT molecular complexity index is 1850. The molecule has 0 radical (unpaired) electrons. The Morgan fingerprint density at radius 2 is 1.13 bits per heavy atom. The molecular weight excluding hydrogens is 921 g/mol. The van der Waals surface area contributed by atoms with E-state index in [0.29, 0.717) is 12.2 Å². The number of esters is 2. The molecule has 0 aliphatic carbocycles. The van der Waals surface area contributed by atoms with Gasteiger partial charge in [-0.3, -0.25) is 0 Å². The van der Waals surface area contributed by atoms with Crippen LogP contribution in [-0.2, 0) is 47.5 Å². The van der Waals surface area contributed by atoms with Gasteiger partial charge in [-0.05, 0) is 46.6 Å². The highest BCUT2D eigenvalue weighted by Crippen LogP contribution is 2.43. The van der Waals surface area contributed by atoms with E-state index in [4.69, 9.17) is 37.9 Å². The molecule has 5 rings (SSSR count). The molecule has 0 aromatic rings. The minimum Gasteiger partial charge on any atom is -0.495 e. The van der Waals surface area contributed by atoms with Crippen LogP contribution < -0.4 is 0 Å². The van der Waals surface area contributed by atoms with Crippen molar-refractivity contribution < 1.29 is 83.2 Å². The fourth-order valence-corrected chi connectivity index (χ4v) is 11.1. The van der Waals surface area contributed by atoms with E-state index < -0.39 is 145 Å². The minimum atomic E-state index is -1.87. The number of carbonyl (C=O) groups excluding carboxylic acids is 2. The van der Waals surface area contributed by atoms with Crippen LogP contribution in [0.4, 0.5) is 0 Å². The van der Waals surface area contributed by atoms with E-state index in [1.165, 1.54) is 24.3 Å². The zero-order valence-electron chi connectivity index (χ0n) is 43.8. The fourth-order valence-electron chi connectivity index (χ4n) is 11.1. The molecule has 0 aromatic carbocycles. The first kappa shape index (κ1) is 58.8. The Balaban J connectivity index is 1.28. The quantitative estimate of drug-likeness (QED) is 0.114. The molecule has 5 aliphatic rings. The summed E-state index contributed by atoms with van der Waals surface area (Å²) in [5, 5.41) is 77.4. The van der Waals surface area contributed by atoms with E-state index in [1.807, 2.05) is 54.5 Å². The molecular formula is C54H86O17. The van der Waals surface area contributed by atoms with Gasteiger partial charge in [0, 0.05) is 78.8 Å². The summed E-state index contributed by atoms with van der Waals surface area (Å²) in [6.45, 7) is 21.8. The van der Waals surface area contributed by atoms with Crippen molar-refractivity contribution in [3.05, 3.63) is 60.4 Å². The predicted octanol–water partition coefficient (Wildman–Crippen LogP) is 4.92. The normalized spacial score (nSPS) is 42.4. The van der Waals surface area contributed by atoms with Crippen LogP contribution in [0, 0.1) is 47.3 Å². The smallest absolute Gasteiger partial charge is 0.331 e. The van der Waals surface area contributed by atoms with Crippen molar-refractivity contribution in [3.63, 3.8) is 0 Å². The van der Waals surface area contributed by atoms with Gasteiger partial charge in [-0.15, -0.1) is 0 Å². The number of cyclic esters (lactones) is 2. The molecule has 3 saturated heterocycles. The highest BCUT2D eigenvalue weighted by atomic mass is 16.7. The summed E-state index contributed by atoms with van der Waals surface area (Å²) >= 11 is 0. The Morgan fingerprint density at radius 3 is 1.61 bits per heavy atom. The van der Waals surface area contributed by atoms with Crippen molar-refractivity contribution in [1.29, 1.82) is 0 Å². The van der Waals surface area contributed by atoms with Gasteiger partial charge in [0.15, 0.2) is 18.4 Å². The third kappa shape index (κ3) is 14.6. The molecule has 17 heteroatoms. The lowest BCUT2D eigenvalue weighted by Crippen LogP contribution is -2.59. The van der Waals surface area contributed by atoms with E-state index in [0.717, 1.165) is 6.42 Å². The van der Waals surface area contributed by atoms with Crippen LogP contribution >= 0.6 is 0 Å². The van der Waals surface area contributed by atoms with E-state index >= 15 is 0 Å². The third-order valence-corrected chi connectivity index (χ3v) is 15.9. The van der Waals surface area contributed by atoms with Crippen LogP contribution in [0.3, 0.4) is 0 Å². The molecule has 25 atom stereocenters. The van der Waals surface area contributed by atoms with Gasteiger partial charge in [0.05, 0.1) is 54.9 Å². The van der Waals surface area contributed by atoms with Crippen LogP contribution in [0.15, 0.2) is 60.4 Å². The standard InChI is InChI=1S/C54H86O17/c1-13-37-33(9)64-41(25-42(37)67-46-23-39(55)50(61)35(11)65-46)29(5)48(59)30(6)52-27(3)19-15-17-22-45(58)70-53(28(4)20-16-18-21-44(57)69-52)31(7)49(60)32(8)54(63)26-43(38(14-2)34(10)71-54)68-47-24-40(56)51(62)36(12)66-47/h15-22,25,27-40,42-43,46-53,55-56,59-63H,13-14,23-24,26H2,1-12H3/t27-,28-,29+,30-,31-,32-,33+,34+,35-,36-,37+,38+,39-,40-,42+,43+,46-,47-,48-,49+,50+,51+,52-,53-,54+/m0/s1. The predicted molar refractivity (Wildman–Crippen MR) is 261 cm³/mol. The number of allylic oxidation sites excluding steroid dienone is 4. The van der Waals surface area contributed by atoms with Crippen LogP contribution in [0.2, 0.25) is 0 Å².